The van der Waals surface area contributed by atoms with Crippen LogP contribution in [-0.2, 0) is 0 Å². The monoisotopic (exact) mass is 381 g/mol. The van der Waals surface area contributed by atoms with Crippen LogP contribution in [0.1, 0.15) is 49.3 Å². The predicted octanol–water partition coefficient (Wildman–Crippen LogP) is 4.56. The van der Waals surface area contributed by atoms with Gasteiger partial charge in [0.25, 0.3) is 11.2 Å². The second-order valence-corrected chi connectivity index (χ2v) is 6.70. The number of nitriles is 1. The van der Waals surface area contributed by atoms with E-state index in [2.05, 4.69) is 10.2 Å². The van der Waals surface area contributed by atoms with Gasteiger partial charge in [-0.1, -0.05) is 31.4 Å². The summed E-state index contributed by atoms with van der Waals surface area (Å²) >= 11 is 0. The molecule has 0 unspecified atom stereocenters. The molecule has 0 radical (unpaired) electrons. The first kappa shape index (κ1) is 19.2. The Balaban J connectivity index is 2.15. The van der Waals surface area contributed by atoms with Gasteiger partial charge < -0.3 is 5.11 Å². The fourth-order valence-electron chi connectivity index (χ4n) is 3.51. The van der Waals surface area contributed by atoms with Gasteiger partial charge in [0.05, 0.1) is 4.92 Å². The SMILES string of the molecule is Cc1c(C#N)c(O)n(C2CCCCC2)c(=O)c1N=Nc1ccccc1[N+](=O)[O-]. The van der Waals surface area contributed by atoms with E-state index < -0.39 is 10.5 Å². The minimum atomic E-state index is -0.584. The van der Waals surface area contributed by atoms with Crippen LogP contribution in [0.25, 0.3) is 0 Å². The summed E-state index contributed by atoms with van der Waals surface area (Å²) in [5, 5.41) is 38.9. The first-order chi connectivity index (χ1) is 13.5. The number of nitrogens with zero attached hydrogens (tertiary/aromatic N) is 5. The topological polar surface area (TPSA) is 134 Å². The lowest BCUT2D eigenvalue weighted by atomic mass is 9.94. The van der Waals surface area contributed by atoms with Crippen LogP contribution < -0.4 is 5.56 Å². The number of azo groups is 1. The molecule has 1 saturated carbocycles. The number of aromatic nitrogens is 1. The second kappa shape index (κ2) is 8.00. The van der Waals surface area contributed by atoms with E-state index in [-0.39, 0.29) is 40.1 Å². The summed E-state index contributed by atoms with van der Waals surface area (Å²) in [5.74, 6) is -0.360. The highest BCUT2D eigenvalue weighted by atomic mass is 16.6. The Hall–Kier alpha value is -3.54. The van der Waals surface area contributed by atoms with Gasteiger partial charge in [-0.05, 0) is 25.8 Å². The summed E-state index contributed by atoms with van der Waals surface area (Å²) in [4.78, 5) is 23.6. The van der Waals surface area contributed by atoms with Crippen molar-refractivity contribution in [1.29, 1.82) is 5.26 Å². The molecule has 1 aliphatic carbocycles. The zero-order chi connectivity index (χ0) is 20.3. The van der Waals surface area contributed by atoms with Gasteiger partial charge in [-0.15, -0.1) is 10.2 Å². The average molecular weight is 381 g/mol. The van der Waals surface area contributed by atoms with Crippen LogP contribution in [0.15, 0.2) is 39.3 Å². The van der Waals surface area contributed by atoms with Crippen LogP contribution in [0.3, 0.4) is 0 Å². The van der Waals surface area contributed by atoms with Crippen molar-refractivity contribution >= 4 is 17.1 Å². The Morgan fingerprint density at radius 3 is 2.57 bits per heavy atom. The Morgan fingerprint density at radius 1 is 1.25 bits per heavy atom. The third kappa shape index (κ3) is 3.49. The lowest BCUT2D eigenvalue weighted by Gasteiger charge is -2.25. The van der Waals surface area contributed by atoms with Crippen molar-refractivity contribution in [3.05, 3.63) is 55.9 Å². The number of hydrogen-bond acceptors (Lipinski definition) is 7. The molecule has 1 aromatic heterocycles. The maximum Gasteiger partial charge on any atom is 0.296 e. The molecule has 9 nitrogen and oxygen atoms in total. The largest absolute Gasteiger partial charge is 0.493 e. The number of pyridine rings is 1. The van der Waals surface area contributed by atoms with Gasteiger partial charge in [0.2, 0.25) is 5.88 Å². The number of para-hydroxylation sites is 1. The number of benzene rings is 1. The molecule has 1 N–H and O–H groups in total. The van der Waals surface area contributed by atoms with Crippen LogP contribution >= 0.6 is 0 Å². The van der Waals surface area contributed by atoms with E-state index in [1.807, 2.05) is 6.07 Å². The van der Waals surface area contributed by atoms with Gasteiger partial charge in [-0.25, -0.2) is 0 Å². The van der Waals surface area contributed by atoms with E-state index in [0.717, 1.165) is 32.1 Å². The van der Waals surface area contributed by atoms with Crippen LogP contribution in [0, 0.1) is 28.4 Å². The van der Waals surface area contributed by atoms with Gasteiger partial charge in [-0.3, -0.25) is 19.5 Å². The number of hydrogen-bond donors (Lipinski definition) is 1. The van der Waals surface area contributed by atoms with Crippen molar-refractivity contribution in [3.63, 3.8) is 0 Å². The molecule has 1 fully saturated rings. The van der Waals surface area contributed by atoms with Gasteiger partial charge in [0.15, 0.2) is 11.4 Å². The quantitative estimate of drug-likeness (QED) is 0.470. The molecule has 3 rings (SSSR count). The number of rotatable bonds is 4. The number of nitro benzene ring substituents is 1. The molecule has 28 heavy (non-hydrogen) atoms. The molecule has 0 aliphatic heterocycles. The standard InChI is InChI=1S/C19H19N5O4/c1-12-14(11-20)18(25)23(13-7-3-2-4-8-13)19(26)17(12)22-21-15-9-5-6-10-16(15)24(27)28/h5-6,9-10,13,25H,2-4,7-8H2,1H3. The van der Waals surface area contributed by atoms with Crippen molar-refractivity contribution in [2.75, 3.05) is 0 Å². The van der Waals surface area contributed by atoms with E-state index >= 15 is 0 Å². The molecule has 144 valence electrons. The molecule has 1 aliphatic rings. The molecule has 1 aromatic carbocycles. The smallest absolute Gasteiger partial charge is 0.296 e. The van der Waals surface area contributed by atoms with Gasteiger partial charge >= 0.3 is 0 Å². The zero-order valence-electron chi connectivity index (χ0n) is 15.3. The van der Waals surface area contributed by atoms with E-state index in [1.54, 1.807) is 6.07 Å². The van der Waals surface area contributed by atoms with Gasteiger partial charge in [0, 0.05) is 17.7 Å². The second-order valence-electron chi connectivity index (χ2n) is 6.70. The zero-order valence-corrected chi connectivity index (χ0v) is 15.3. The highest BCUT2D eigenvalue weighted by molar-refractivity contribution is 5.59. The average Bonchev–Trinajstić information content (AvgIpc) is 2.69. The fraction of sp³-hybridized carbons (Fsp3) is 0.368. The Kier molecular flexibility index (Phi) is 5.49. The molecule has 0 atom stereocenters. The van der Waals surface area contributed by atoms with E-state index in [1.165, 1.54) is 29.7 Å². The van der Waals surface area contributed by atoms with Crippen LogP contribution in [0.4, 0.5) is 17.1 Å². The molecule has 1 heterocycles. The van der Waals surface area contributed by atoms with Crippen molar-refractivity contribution in [2.24, 2.45) is 10.2 Å². The Bertz CT molecular complexity index is 1050. The highest BCUT2D eigenvalue weighted by Crippen LogP contribution is 2.35. The molecular formula is C19H19N5O4. The van der Waals surface area contributed by atoms with E-state index in [4.69, 9.17) is 0 Å². The van der Waals surface area contributed by atoms with E-state index in [0.29, 0.717) is 0 Å². The lowest BCUT2D eigenvalue weighted by molar-refractivity contribution is -0.384. The van der Waals surface area contributed by atoms with Crippen molar-refractivity contribution < 1.29 is 10.0 Å². The van der Waals surface area contributed by atoms with Crippen LogP contribution in [0.2, 0.25) is 0 Å². The van der Waals surface area contributed by atoms with Crippen molar-refractivity contribution in [3.8, 4) is 11.9 Å². The minimum absolute atomic E-state index is 0.00194. The first-order valence-electron chi connectivity index (χ1n) is 8.99. The summed E-state index contributed by atoms with van der Waals surface area (Å²) < 4.78 is 1.22. The summed E-state index contributed by atoms with van der Waals surface area (Å²) in [7, 11) is 0. The Labute approximate surface area is 160 Å². The molecular weight excluding hydrogens is 362 g/mol. The maximum absolute atomic E-state index is 13.0. The van der Waals surface area contributed by atoms with E-state index in [9.17, 15) is 25.3 Å². The minimum Gasteiger partial charge on any atom is -0.493 e. The van der Waals surface area contributed by atoms with Gasteiger partial charge in [0.1, 0.15) is 11.6 Å². The summed E-state index contributed by atoms with van der Waals surface area (Å²) in [6.45, 7) is 1.50. The number of aromatic hydroxyl groups is 1. The van der Waals surface area contributed by atoms with Gasteiger partial charge in [-0.2, -0.15) is 5.26 Å². The third-order valence-corrected chi connectivity index (χ3v) is 4.99. The summed E-state index contributed by atoms with van der Waals surface area (Å²) in [6, 6.07) is 7.50. The number of nitro groups is 1. The first-order valence-corrected chi connectivity index (χ1v) is 8.99. The van der Waals surface area contributed by atoms with Crippen LogP contribution in [-0.4, -0.2) is 14.6 Å². The lowest BCUT2D eigenvalue weighted by Crippen LogP contribution is -2.27. The normalized spacial score (nSPS) is 14.9. The molecule has 2 aromatic rings. The maximum atomic E-state index is 13.0. The predicted molar refractivity (Wildman–Crippen MR) is 101 cm³/mol. The fourth-order valence-corrected chi connectivity index (χ4v) is 3.51. The molecule has 9 heteroatoms. The molecule has 0 saturated heterocycles. The Morgan fingerprint density at radius 2 is 1.93 bits per heavy atom. The van der Waals surface area contributed by atoms with Crippen molar-refractivity contribution in [1.82, 2.24) is 4.57 Å². The molecule has 0 spiro atoms. The highest BCUT2D eigenvalue weighted by Gasteiger charge is 2.25. The summed E-state index contributed by atoms with van der Waals surface area (Å²) in [6.07, 6.45) is 4.37. The van der Waals surface area contributed by atoms with Crippen LogP contribution in [0.5, 0.6) is 5.88 Å². The van der Waals surface area contributed by atoms with Crippen molar-refractivity contribution in [2.45, 2.75) is 45.1 Å². The molecule has 0 bridgehead atoms. The molecule has 0 amide bonds. The third-order valence-electron chi connectivity index (χ3n) is 4.99. The summed E-state index contributed by atoms with van der Waals surface area (Å²) in [5.41, 5.74) is -0.736.